The second-order valence-corrected chi connectivity index (χ2v) is 5.69. The Hall–Kier alpha value is -0.510. The molecule has 1 aromatic rings. The molecule has 0 radical (unpaired) electrons. The van der Waals surface area contributed by atoms with Gasteiger partial charge in [0.05, 0.1) is 5.02 Å². The summed E-state index contributed by atoms with van der Waals surface area (Å²) in [6.45, 7) is 10.5. The lowest BCUT2D eigenvalue weighted by Crippen LogP contribution is -2.44. The van der Waals surface area contributed by atoms with Crippen LogP contribution in [-0.4, -0.2) is 23.1 Å². The van der Waals surface area contributed by atoms with Crippen LogP contribution in [0, 0.1) is 0 Å². The van der Waals surface area contributed by atoms with Crippen molar-refractivity contribution in [3.05, 3.63) is 23.0 Å². The Morgan fingerprint density at radius 3 is 2.62 bits per heavy atom. The van der Waals surface area contributed by atoms with Crippen molar-refractivity contribution in [1.29, 1.82) is 0 Å². The van der Waals surface area contributed by atoms with Crippen LogP contribution in [-0.2, 0) is 6.54 Å². The zero-order chi connectivity index (χ0) is 12.2. The minimum Gasteiger partial charge on any atom is -0.363 e. The summed E-state index contributed by atoms with van der Waals surface area (Å²) >= 11 is 5.83. The van der Waals surface area contributed by atoms with Crippen molar-refractivity contribution >= 4 is 11.6 Å². The molecule has 0 aliphatic heterocycles. The average molecular weight is 244 g/mol. The first kappa shape index (κ1) is 13.6. The van der Waals surface area contributed by atoms with Gasteiger partial charge in [0.25, 0.3) is 0 Å². The Bertz CT molecular complexity index is 314. The summed E-state index contributed by atoms with van der Waals surface area (Å²) < 4.78 is 0. The van der Waals surface area contributed by atoms with Crippen molar-refractivity contribution in [3.63, 3.8) is 0 Å². The number of halogens is 1. The van der Waals surface area contributed by atoms with E-state index < -0.39 is 0 Å². The van der Waals surface area contributed by atoms with Gasteiger partial charge in [0, 0.05) is 36.6 Å². The smallest absolute Gasteiger partial charge is 0.0583 e. The molecule has 0 aromatic carbocycles. The van der Waals surface area contributed by atoms with Crippen molar-refractivity contribution < 1.29 is 0 Å². The molecule has 1 heterocycles. The largest absolute Gasteiger partial charge is 0.363 e. The van der Waals surface area contributed by atoms with Crippen LogP contribution in [0.3, 0.4) is 0 Å². The molecule has 0 saturated heterocycles. The maximum atomic E-state index is 5.83. The van der Waals surface area contributed by atoms with Gasteiger partial charge in [-0.3, -0.25) is 0 Å². The summed E-state index contributed by atoms with van der Waals surface area (Å²) in [6, 6.07) is 2.37. The molecule has 0 fully saturated rings. The van der Waals surface area contributed by atoms with Crippen LogP contribution < -0.4 is 10.6 Å². The highest BCUT2D eigenvalue weighted by molar-refractivity contribution is 6.30. The number of H-pyrrole nitrogens is 1. The highest BCUT2D eigenvalue weighted by Gasteiger charge is 2.10. The van der Waals surface area contributed by atoms with E-state index >= 15 is 0 Å². The van der Waals surface area contributed by atoms with E-state index in [1.54, 1.807) is 6.20 Å². The monoisotopic (exact) mass is 243 g/mol. The lowest BCUT2D eigenvalue weighted by Gasteiger charge is -2.23. The van der Waals surface area contributed by atoms with E-state index in [0.717, 1.165) is 23.8 Å². The summed E-state index contributed by atoms with van der Waals surface area (Å²) in [5.74, 6) is 0. The van der Waals surface area contributed by atoms with Crippen LogP contribution in [0.1, 0.15) is 33.4 Å². The van der Waals surface area contributed by atoms with Crippen LogP contribution in [0.4, 0.5) is 0 Å². The zero-order valence-electron chi connectivity index (χ0n) is 10.5. The molecule has 4 heteroatoms. The molecule has 16 heavy (non-hydrogen) atoms. The van der Waals surface area contributed by atoms with Gasteiger partial charge in [0.1, 0.15) is 0 Å². The normalized spacial score (nSPS) is 14.1. The fraction of sp³-hybridized carbons (Fsp3) is 0.667. The maximum absolute atomic E-state index is 5.83. The molecule has 3 N–H and O–H groups in total. The van der Waals surface area contributed by atoms with E-state index in [4.69, 9.17) is 11.6 Å². The van der Waals surface area contributed by atoms with Gasteiger partial charge in [-0.2, -0.15) is 0 Å². The van der Waals surface area contributed by atoms with E-state index in [0.29, 0.717) is 6.04 Å². The number of hydrogen-bond donors (Lipinski definition) is 3. The second-order valence-electron chi connectivity index (χ2n) is 5.26. The highest BCUT2D eigenvalue weighted by atomic mass is 35.5. The summed E-state index contributed by atoms with van der Waals surface area (Å²) in [7, 11) is 0. The van der Waals surface area contributed by atoms with Crippen molar-refractivity contribution in [2.24, 2.45) is 0 Å². The zero-order valence-corrected chi connectivity index (χ0v) is 11.3. The summed E-state index contributed by atoms with van der Waals surface area (Å²) in [5, 5.41) is 7.66. The summed E-state index contributed by atoms with van der Waals surface area (Å²) in [5.41, 5.74) is 1.29. The van der Waals surface area contributed by atoms with Gasteiger partial charge < -0.3 is 15.6 Å². The van der Waals surface area contributed by atoms with Crippen molar-refractivity contribution in [1.82, 2.24) is 15.6 Å². The van der Waals surface area contributed by atoms with Gasteiger partial charge in [-0.15, -0.1) is 0 Å². The van der Waals surface area contributed by atoms with Crippen molar-refractivity contribution in [2.75, 3.05) is 6.54 Å². The summed E-state index contributed by atoms with van der Waals surface area (Å²) in [6.07, 6.45) is 1.80. The van der Waals surface area contributed by atoms with E-state index in [9.17, 15) is 0 Å². The third-order valence-corrected chi connectivity index (χ3v) is 2.51. The van der Waals surface area contributed by atoms with Crippen LogP contribution in [0.5, 0.6) is 0 Å². The molecule has 1 atom stereocenters. The van der Waals surface area contributed by atoms with Gasteiger partial charge in [-0.1, -0.05) is 11.6 Å². The number of hydrogen-bond acceptors (Lipinski definition) is 2. The minimum atomic E-state index is 0.172. The molecule has 3 nitrogen and oxygen atoms in total. The van der Waals surface area contributed by atoms with Crippen LogP contribution >= 0.6 is 11.6 Å². The topological polar surface area (TPSA) is 39.8 Å². The first-order chi connectivity index (χ1) is 7.37. The molecular weight excluding hydrogens is 222 g/mol. The third-order valence-electron chi connectivity index (χ3n) is 2.29. The maximum Gasteiger partial charge on any atom is 0.0583 e. The second kappa shape index (κ2) is 5.71. The Morgan fingerprint density at radius 2 is 2.12 bits per heavy atom. The van der Waals surface area contributed by atoms with Crippen LogP contribution in [0.2, 0.25) is 5.02 Å². The number of aromatic nitrogens is 1. The molecule has 0 spiro atoms. The Balaban J connectivity index is 2.22. The average Bonchev–Trinajstić information content (AvgIpc) is 2.57. The summed E-state index contributed by atoms with van der Waals surface area (Å²) in [4.78, 5) is 3.12. The molecular formula is C12H22ClN3. The van der Waals surface area contributed by atoms with E-state index in [1.807, 2.05) is 6.07 Å². The molecule has 0 aliphatic rings. The fourth-order valence-electron chi connectivity index (χ4n) is 1.33. The fourth-order valence-corrected chi connectivity index (χ4v) is 1.52. The van der Waals surface area contributed by atoms with Gasteiger partial charge in [-0.05, 0) is 33.8 Å². The quantitative estimate of drug-likeness (QED) is 0.744. The Labute approximate surface area is 103 Å². The molecule has 0 bridgehead atoms. The molecule has 92 valence electrons. The Morgan fingerprint density at radius 1 is 1.44 bits per heavy atom. The van der Waals surface area contributed by atoms with Crippen molar-refractivity contribution in [3.8, 4) is 0 Å². The number of rotatable bonds is 5. The first-order valence-corrected chi connectivity index (χ1v) is 6.06. The number of nitrogens with one attached hydrogen (secondary N) is 3. The van der Waals surface area contributed by atoms with E-state index in [2.05, 4.69) is 43.3 Å². The lowest BCUT2D eigenvalue weighted by molar-refractivity contribution is 0.387. The standard InChI is InChI=1S/C12H22ClN3/c1-9(6-16-12(2,3)4)14-8-11-5-10(13)7-15-11/h5,7,9,14-16H,6,8H2,1-4H3. The lowest BCUT2D eigenvalue weighted by atomic mass is 10.1. The predicted molar refractivity (Wildman–Crippen MR) is 69.9 cm³/mol. The van der Waals surface area contributed by atoms with Gasteiger partial charge in [0.2, 0.25) is 0 Å². The highest BCUT2D eigenvalue weighted by Crippen LogP contribution is 2.09. The van der Waals surface area contributed by atoms with E-state index in [-0.39, 0.29) is 5.54 Å². The van der Waals surface area contributed by atoms with E-state index in [1.165, 1.54) is 0 Å². The molecule has 0 amide bonds. The third kappa shape index (κ3) is 5.54. The van der Waals surface area contributed by atoms with Crippen LogP contribution in [0.15, 0.2) is 12.3 Å². The van der Waals surface area contributed by atoms with Gasteiger partial charge >= 0.3 is 0 Å². The Kier molecular flexibility index (Phi) is 4.84. The minimum absolute atomic E-state index is 0.172. The van der Waals surface area contributed by atoms with Crippen molar-refractivity contribution in [2.45, 2.75) is 45.8 Å². The molecule has 0 saturated carbocycles. The first-order valence-electron chi connectivity index (χ1n) is 5.68. The molecule has 0 aliphatic carbocycles. The number of aromatic amines is 1. The SMILES string of the molecule is CC(CNC(C)(C)C)NCc1cc(Cl)c[nH]1. The molecule has 1 unspecified atom stereocenters. The van der Waals surface area contributed by atoms with Gasteiger partial charge in [-0.25, -0.2) is 0 Å². The predicted octanol–water partition coefficient (Wildman–Crippen LogP) is 2.53. The van der Waals surface area contributed by atoms with Gasteiger partial charge in [0.15, 0.2) is 0 Å². The molecule has 1 rings (SSSR count). The van der Waals surface area contributed by atoms with Crippen LogP contribution in [0.25, 0.3) is 0 Å². The molecule has 1 aromatic heterocycles.